The molecule has 3 rings (SSSR count). The van der Waals surface area contributed by atoms with E-state index in [0.29, 0.717) is 31.0 Å². The molecule has 7 heteroatoms. The monoisotopic (exact) mass is 371 g/mol. The number of piperidine rings is 1. The number of nitrogens with zero attached hydrogens (tertiary/aromatic N) is 2. The summed E-state index contributed by atoms with van der Waals surface area (Å²) < 4.78 is 19.2. The summed E-state index contributed by atoms with van der Waals surface area (Å²) in [6, 6.07) is 9.54. The zero-order valence-electron chi connectivity index (χ0n) is 15.4. The van der Waals surface area contributed by atoms with Crippen molar-refractivity contribution in [2.24, 2.45) is 5.92 Å². The number of hydrogen-bond donors (Lipinski definition) is 1. The number of carbonyl (C=O) groups is 2. The van der Waals surface area contributed by atoms with Crippen LogP contribution in [0, 0.1) is 18.7 Å². The molecule has 6 nitrogen and oxygen atoms in total. The van der Waals surface area contributed by atoms with Gasteiger partial charge in [0.05, 0.1) is 18.6 Å². The summed E-state index contributed by atoms with van der Waals surface area (Å²) in [7, 11) is 1.44. The van der Waals surface area contributed by atoms with Crippen LogP contribution in [0.2, 0.25) is 0 Å². The standard InChI is InChI=1S/C20H22FN3O3/c1-13-5-3-7-18(22-13)23-19(25)14-6-4-10-24(12-14)20(26)16-9-8-15(27-2)11-17(16)21/h3,5,7-9,11,14H,4,6,10,12H2,1-2H3,(H,22,23,25). The van der Waals surface area contributed by atoms with E-state index in [-0.39, 0.29) is 23.9 Å². The maximum absolute atomic E-state index is 14.2. The van der Waals surface area contributed by atoms with Gasteiger partial charge < -0.3 is 15.0 Å². The van der Waals surface area contributed by atoms with Crippen molar-refractivity contribution in [2.75, 3.05) is 25.5 Å². The molecule has 0 spiro atoms. The number of likely N-dealkylation sites (tertiary alicyclic amines) is 1. The summed E-state index contributed by atoms with van der Waals surface area (Å²) in [5.74, 6) is -0.737. The van der Waals surface area contributed by atoms with E-state index in [9.17, 15) is 14.0 Å². The van der Waals surface area contributed by atoms with E-state index in [1.54, 1.807) is 12.1 Å². The zero-order valence-corrected chi connectivity index (χ0v) is 15.4. The predicted molar refractivity (Wildman–Crippen MR) is 99.2 cm³/mol. The Balaban J connectivity index is 1.68. The van der Waals surface area contributed by atoms with Crippen molar-refractivity contribution < 1.29 is 18.7 Å². The molecule has 1 unspecified atom stereocenters. The van der Waals surface area contributed by atoms with Crippen molar-refractivity contribution in [3.8, 4) is 5.75 Å². The topological polar surface area (TPSA) is 71.5 Å². The van der Waals surface area contributed by atoms with Gasteiger partial charge in [-0.2, -0.15) is 0 Å². The number of anilines is 1. The van der Waals surface area contributed by atoms with Crippen LogP contribution in [0.1, 0.15) is 28.9 Å². The van der Waals surface area contributed by atoms with Crippen LogP contribution in [0.25, 0.3) is 0 Å². The summed E-state index contributed by atoms with van der Waals surface area (Å²) >= 11 is 0. The normalized spacial score (nSPS) is 16.7. The van der Waals surface area contributed by atoms with Gasteiger partial charge in [-0.15, -0.1) is 0 Å². The fourth-order valence-corrected chi connectivity index (χ4v) is 3.18. The quantitative estimate of drug-likeness (QED) is 0.897. The first-order valence-corrected chi connectivity index (χ1v) is 8.85. The molecular weight excluding hydrogens is 349 g/mol. The number of aryl methyl sites for hydroxylation is 1. The second kappa shape index (κ2) is 8.16. The highest BCUT2D eigenvalue weighted by atomic mass is 19.1. The van der Waals surface area contributed by atoms with Gasteiger partial charge in [-0.25, -0.2) is 9.37 Å². The molecule has 1 aromatic carbocycles. The van der Waals surface area contributed by atoms with E-state index in [1.807, 2.05) is 19.1 Å². The van der Waals surface area contributed by atoms with E-state index in [2.05, 4.69) is 10.3 Å². The molecule has 2 amide bonds. The van der Waals surface area contributed by atoms with Gasteiger partial charge in [-0.1, -0.05) is 6.07 Å². The third-order valence-corrected chi connectivity index (χ3v) is 4.63. The molecule has 27 heavy (non-hydrogen) atoms. The largest absolute Gasteiger partial charge is 0.497 e. The van der Waals surface area contributed by atoms with Crippen LogP contribution >= 0.6 is 0 Å². The summed E-state index contributed by atoms with van der Waals surface area (Å²) in [6.07, 6.45) is 1.36. The lowest BCUT2D eigenvalue weighted by molar-refractivity contribution is -0.121. The van der Waals surface area contributed by atoms with Crippen molar-refractivity contribution in [3.63, 3.8) is 0 Å². The molecule has 0 saturated carbocycles. The Kier molecular flexibility index (Phi) is 5.69. The van der Waals surface area contributed by atoms with E-state index in [0.717, 1.165) is 5.69 Å². The molecule has 1 aromatic heterocycles. The van der Waals surface area contributed by atoms with Gasteiger partial charge in [-0.05, 0) is 44.0 Å². The average Bonchev–Trinajstić information content (AvgIpc) is 2.67. The Morgan fingerprint density at radius 1 is 1.30 bits per heavy atom. The Hall–Kier alpha value is -2.96. The molecule has 1 atom stereocenters. The van der Waals surface area contributed by atoms with Crippen LogP contribution in [0.4, 0.5) is 10.2 Å². The average molecular weight is 371 g/mol. The third-order valence-electron chi connectivity index (χ3n) is 4.63. The Bertz CT molecular complexity index is 856. The summed E-state index contributed by atoms with van der Waals surface area (Å²) in [6.45, 7) is 2.60. The lowest BCUT2D eigenvalue weighted by Gasteiger charge is -2.32. The van der Waals surface area contributed by atoms with Crippen LogP contribution in [0.5, 0.6) is 5.75 Å². The van der Waals surface area contributed by atoms with Gasteiger partial charge in [0.25, 0.3) is 5.91 Å². The minimum Gasteiger partial charge on any atom is -0.497 e. The second-order valence-corrected chi connectivity index (χ2v) is 6.59. The first-order valence-electron chi connectivity index (χ1n) is 8.85. The number of benzene rings is 1. The summed E-state index contributed by atoms with van der Waals surface area (Å²) in [5, 5.41) is 2.80. The Morgan fingerprint density at radius 2 is 2.11 bits per heavy atom. The Labute approximate surface area is 157 Å². The lowest BCUT2D eigenvalue weighted by Crippen LogP contribution is -2.44. The molecule has 2 heterocycles. The number of pyridine rings is 1. The number of amides is 2. The number of aromatic nitrogens is 1. The third kappa shape index (κ3) is 4.42. The Morgan fingerprint density at radius 3 is 2.81 bits per heavy atom. The van der Waals surface area contributed by atoms with Crippen molar-refractivity contribution in [3.05, 3.63) is 53.5 Å². The molecule has 1 aliphatic rings. The number of carbonyl (C=O) groups excluding carboxylic acids is 2. The van der Waals surface area contributed by atoms with Gasteiger partial charge in [0.1, 0.15) is 17.4 Å². The van der Waals surface area contributed by atoms with Crippen LogP contribution in [-0.2, 0) is 4.79 Å². The number of methoxy groups -OCH3 is 1. The van der Waals surface area contributed by atoms with Crippen LogP contribution < -0.4 is 10.1 Å². The number of ether oxygens (including phenoxy) is 1. The molecule has 142 valence electrons. The predicted octanol–water partition coefficient (Wildman–Crippen LogP) is 3.03. The fraction of sp³-hybridized carbons (Fsp3) is 0.350. The van der Waals surface area contributed by atoms with E-state index >= 15 is 0 Å². The molecule has 2 aromatic rings. The number of hydrogen-bond acceptors (Lipinski definition) is 4. The summed E-state index contributed by atoms with van der Waals surface area (Å²) in [4.78, 5) is 31.0. The first-order chi connectivity index (χ1) is 13.0. The highest BCUT2D eigenvalue weighted by Crippen LogP contribution is 2.23. The minimum absolute atomic E-state index is 0.0165. The SMILES string of the molecule is COc1ccc(C(=O)N2CCCC(C(=O)Nc3cccc(C)n3)C2)c(F)c1. The van der Waals surface area contributed by atoms with Gasteiger partial charge >= 0.3 is 0 Å². The molecule has 1 fully saturated rings. The van der Waals surface area contributed by atoms with Gasteiger partial charge in [0.2, 0.25) is 5.91 Å². The van der Waals surface area contributed by atoms with Crippen LogP contribution in [-0.4, -0.2) is 41.9 Å². The van der Waals surface area contributed by atoms with Gasteiger partial charge in [-0.3, -0.25) is 9.59 Å². The lowest BCUT2D eigenvalue weighted by atomic mass is 9.96. The van der Waals surface area contributed by atoms with Gasteiger partial charge in [0.15, 0.2) is 0 Å². The number of rotatable bonds is 4. The highest BCUT2D eigenvalue weighted by Gasteiger charge is 2.30. The molecule has 1 N–H and O–H groups in total. The van der Waals surface area contributed by atoms with Crippen molar-refractivity contribution in [1.82, 2.24) is 9.88 Å². The molecule has 0 radical (unpaired) electrons. The van der Waals surface area contributed by atoms with Gasteiger partial charge in [0, 0.05) is 24.8 Å². The number of halogens is 1. The second-order valence-electron chi connectivity index (χ2n) is 6.59. The van der Waals surface area contributed by atoms with Crippen molar-refractivity contribution in [1.29, 1.82) is 0 Å². The van der Waals surface area contributed by atoms with E-state index in [4.69, 9.17) is 4.74 Å². The van der Waals surface area contributed by atoms with Crippen LogP contribution in [0.3, 0.4) is 0 Å². The van der Waals surface area contributed by atoms with E-state index in [1.165, 1.54) is 24.1 Å². The highest BCUT2D eigenvalue weighted by molar-refractivity contribution is 5.96. The molecular formula is C20H22FN3O3. The molecule has 0 aliphatic carbocycles. The van der Waals surface area contributed by atoms with E-state index < -0.39 is 11.7 Å². The van der Waals surface area contributed by atoms with Crippen molar-refractivity contribution in [2.45, 2.75) is 19.8 Å². The zero-order chi connectivity index (χ0) is 19.4. The molecule has 1 aliphatic heterocycles. The fourth-order valence-electron chi connectivity index (χ4n) is 3.18. The minimum atomic E-state index is -0.630. The maximum Gasteiger partial charge on any atom is 0.256 e. The number of nitrogens with one attached hydrogen (secondary N) is 1. The first kappa shape index (κ1) is 18.8. The summed E-state index contributed by atoms with van der Waals surface area (Å²) in [5.41, 5.74) is 0.792. The smallest absolute Gasteiger partial charge is 0.256 e. The maximum atomic E-state index is 14.2. The molecule has 0 bridgehead atoms. The van der Waals surface area contributed by atoms with Crippen LogP contribution in [0.15, 0.2) is 36.4 Å². The van der Waals surface area contributed by atoms with Crippen molar-refractivity contribution >= 4 is 17.6 Å². The molecule has 1 saturated heterocycles.